The Labute approximate surface area is 144 Å². The van der Waals surface area contributed by atoms with Crippen LogP contribution in [0.25, 0.3) is 0 Å². The Balaban J connectivity index is 0.000000224. The molecule has 2 heterocycles. The predicted octanol–water partition coefficient (Wildman–Crippen LogP) is 4.14. The summed E-state index contributed by atoms with van der Waals surface area (Å²) >= 11 is 11.5. The van der Waals surface area contributed by atoms with Crippen molar-refractivity contribution < 1.29 is 9.47 Å². The molecule has 0 aromatic rings. The van der Waals surface area contributed by atoms with Gasteiger partial charge in [-0.25, -0.2) is 4.99 Å². The van der Waals surface area contributed by atoms with E-state index in [1.54, 1.807) is 0 Å². The van der Waals surface area contributed by atoms with Crippen molar-refractivity contribution in [1.29, 1.82) is 0 Å². The number of aliphatic imine (C=N–C) groups is 2. The molecule has 0 aliphatic carbocycles. The number of halogens is 2. The number of hydrogen-bond acceptors (Lipinski definition) is 4. The lowest BCUT2D eigenvalue weighted by molar-refractivity contribution is 0.255. The molecule has 0 atom stereocenters. The Morgan fingerprint density at radius 2 is 1.55 bits per heavy atom. The van der Waals surface area contributed by atoms with Crippen LogP contribution in [0.1, 0.15) is 41.5 Å². The molecule has 0 saturated carbocycles. The molecule has 0 aromatic carbocycles. The van der Waals surface area contributed by atoms with Crippen LogP contribution >= 0.6 is 23.2 Å². The van der Waals surface area contributed by atoms with Gasteiger partial charge in [0.2, 0.25) is 0 Å². The molecule has 2 aliphatic heterocycles. The van der Waals surface area contributed by atoms with Gasteiger partial charge >= 0.3 is 0 Å². The Kier molecular flexibility index (Phi) is 6.58. The molecule has 0 radical (unpaired) electrons. The van der Waals surface area contributed by atoms with Crippen LogP contribution in [0.15, 0.2) is 9.98 Å². The normalized spacial score (nSPS) is 20.4. The van der Waals surface area contributed by atoms with E-state index in [4.69, 9.17) is 32.7 Å². The number of alkyl halides is 2. The molecular weight excluding hydrogens is 323 g/mol. The Morgan fingerprint density at radius 1 is 1.00 bits per heavy atom. The van der Waals surface area contributed by atoms with Gasteiger partial charge in [0.25, 0.3) is 0 Å². The molecule has 0 bridgehead atoms. The summed E-state index contributed by atoms with van der Waals surface area (Å²) in [5, 5.41) is 0. The number of hydrogen-bond donors (Lipinski definition) is 0. The molecule has 128 valence electrons. The van der Waals surface area contributed by atoms with E-state index >= 15 is 0 Å². The molecule has 0 unspecified atom stereocenters. The number of rotatable bonds is 4. The van der Waals surface area contributed by atoms with E-state index in [9.17, 15) is 0 Å². The maximum absolute atomic E-state index is 5.81. The van der Waals surface area contributed by atoms with Crippen molar-refractivity contribution in [1.82, 2.24) is 0 Å². The van der Waals surface area contributed by atoms with Gasteiger partial charge < -0.3 is 9.47 Å². The third kappa shape index (κ3) is 5.31. The average molecular weight is 351 g/mol. The highest BCUT2D eigenvalue weighted by Crippen LogP contribution is 2.28. The molecular formula is C16H28Cl2N2O2. The molecule has 0 fully saturated rings. The minimum atomic E-state index is -0.130. The van der Waals surface area contributed by atoms with Crippen molar-refractivity contribution >= 4 is 35.0 Å². The van der Waals surface area contributed by atoms with Gasteiger partial charge in [0, 0.05) is 11.8 Å². The molecule has 0 amide bonds. The summed E-state index contributed by atoms with van der Waals surface area (Å²) in [6.45, 7) is 14.4. The zero-order valence-corrected chi connectivity index (χ0v) is 16.0. The minimum Gasteiger partial charge on any atom is -0.479 e. The predicted molar refractivity (Wildman–Crippen MR) is 94.7 cm³/mol. The van der Waals surface area contributed by atoms with Crippen LogP contribution in [0.3, 0.4) is 0 Å². The highest BCUT2D eigenvalue weighted by molar-refractivity contribution is 6.20. The van der Waals surface area contributed by atoms with Gasteiger partial charge in [-0.3, -0.25) is 4.99 Å². The van der Waals surface area contributed by atoms with Gasteiger partial charge in [0.1, 0.15) is 13.2 Å². The van der Waals surface area contributed by atoms with Crippen LogP contribution in [0.2, 0.25) is 0 Å². The highest BCUT2D eigenvalue weighted by Gasteiger charge is 2.35. The second-order valence-electron chi connectivity index (χ2n) is 7.59. The molecule has 0 N–H and O–H groups in total. The van der Waals surface area contributed by atoms with E-state index in [2.05, 4.69) is 23.8 Å². The molecule has 6 heteroatoms. The van der Waals surface area contributed by atoms with Crippen molar-refractivity contribution in [3.05, 3.63) is 0 Å². The van der Waals surface area contributed by atoms with Crippen LogP contribution in [-0.4, -0.2) is 48.9 Å². The van der Waals surface area contributed by atoms with Crippen LogP contribution in [0, 0.1) is 10.8 Å². The second kappa shape index (κ2) is 7.39. The van der Waals surface area contributed by atoms with Crippen LogP contribution in [0.4, 0.5) is 0 Å². The van der Waals surface area contributed by atoms with Crippen LogP contribution in [-0.2, 0) is 9.47 Å². The van der Waals surface area contributed by atoms with Gasteiger partial charge in [0.05, 0.1) is 22.9 Å². The van der Waals surface area contributed by atoms with Crippen molar-refractivity contribution in [2.24, 2.45) is 20.8 Å². The highest BCUT2D eigenvalue weighted by atomic mass is 35.5. The first-order valence-electron chi connectivity index (χ1n) is 7.57. The van der Waals surface area contributed by atoms with Crippen molar-refractivity contribution in [3.63, 3.8) is 0 Å². The zero-order valence-electron chi connectivity index (χ0n) is 14.5. The molecule has 0 spiro atoms. The lowest BCUT2D eigenvalue weighted by atomic mass is 9.96. The van der Waals surface area contributed by atoms with Gasteiger partial charge in [-0.2, -0.15) is 0 Å². The summed E-state index contributed by atoms with van der Waals surface area (Å²) in [4.78, 5) is 8.66. The van der Waals surface area contributed by atoms with E-state index < -0.39 is 0 Å². The lowest BCUT2D eigenvalue weighted by Crippen LogP contribution is -2.26. The van der Waals surface area contributed by atoms with Crippen LogP contribution in [0.5, 0.6) is 0 Å². The van der Waals surface area contributed by atoms with E-state index in [0.717, 1.165) is 24.9 Å². The largest absolute Gasteiger partial charge is 0.479 e. The average Bonchev–Trinajstić information content (AvgIpc) is 3.09. The number of ether oxygens (including phenoxy) is 2. The fourth-order valence-electron chi connectivity index (χ4n) is 1.79. The zero-order chi connectivity index (χ0) is 17.0. The summed E-state index contributed by atoms with van der Waals surface area (Å²) in [6, 6.07) is 0. The summed E-state index contributed by atoms with van der Waals surface area (Å²) in [5.74, 6) is 2.71. The van der Waals surface area contributed by atoms with Crippen molar-refractivity contribution in [3.8, 4) is 0 Å². The van der Waals surface area contributed by atoms with Gasteiger partial charge in [-0.15, -0.1) is 23.2 Å². The lowest BCUT2D eigenvalue weighted by Gasteiger charge is -2.19. The van der Waals surface area contributed by atoms with Crippen LogP contribution < -0.4 is 0 Å². The SMILES string of the molecule is CC(C)(CCl)C1=NCCO1.CC1(C)COC(C(C)(C)CCl)=N1. The van der Waals surface area contributed by atoms with Gasteiger partial charge in [0.15, 0.2) is 11.8 Å². The molecule has 2 aliphatic rings. The molecule has 2 rings (SSSR count). The quantitative estimate of drug-likeness (QED) is 0.715. The van der Waals surface area contributed by atoms with E-state index in [-0.39, 0.29) is 16.4 Å². The Morgan fingerprint density at radius 3 is 1.91 bits per heavy atom. The van der Waals surface area contributed by atoms with E-state index in [0.29, 0.717) is 18.4 Å². The Hall–Kier alpha value is -0.480. The molecule has 22 heavy (non-hydrogen) atoms. The first-order chi connectivity index (χ1) is 10.0. The first-order valence-corrected chi connectivity index (χ1v) is 8.64. The monoisotopic (exact) mass is 350 g/mol. The smallest absolute Gasteiger partial charge is 0.191 e. The van der Waals surface area contributed by atoms with Gasteiger partial charge in [-0.05, 0) is 41.5 Å². The minimum absolute atomic E-state index is 0.0708. The number of nitrogens with zero attached hydrogens (tertiary/aromatic N) is 2. The van der Waals surface area contributed by atoms with E-state index in [1.165, 1.54) is 0 Å². The second-order valence-corrected chi connectivity index (χ2v) is 8.12. The third-order valence-electron chi connectivity index (χ3n) is 3.38. The molecule has 4 nitrogen and oxygen atoms in total. The fourth-order valence-corrected chi connectivity index (χ4v) is 2.02. The van der Waals surface area contributed by atoms with Gasteiger partial charge in [-0.1, -0.05) is 0 Å². The summed E-state index contributed by atoms with van der Waals surface area (Å²) in [5.41, 5.74) is -0.286. The van der Waals surface area contributed by atoms with Crippen molar-refractivity contribution in [2.75, 3.05) is 31.5 Å². The molecule has 0 saturated heterocycles. The summed E-state index contributed by atoms with van der Waals surface area (Å²) < 4.78 is 10.8. The maximum Gasteiger partial charge on any atom is 0.191 e. The topological polar surface area (TPSA) is 43.2 Å². The Bertz CT molecular complexity index is 443. The third-order valence-corrected chi connectivity index (χ3v) is 4.71. The first kappa shape index (κ1) is 19.6. The standard InChI is InChI=1S/C9H16ClNO.C7H12ClNO/c1-8(2,5-10)7-11-9(3,4)6-12-7;1-7(2,5-8)6-9-3-4-10-6/h5-6H2,1-4H3;3-5H2,1-2H3. The summed E-state index contributed by atoms with van der Waals surface area (Å²) in [7, 11) is 0. The van der Waals surface area contributed by atoms with E-state index in [1.807, 2.05) is 27.7 Å². The fraction of sp³-hybridized carbons (Fsp3) is 0.875. The van der Waals surface area contributed by atoms with Crippen molar-refractivity contribution in [2.45, 2.75) is 47.1 Å². The molecule has 0 aromatic heterocycles. The maximum atomic E-state index is 5.81. The summed E-state index contributed by atoms with van der Waals surface area (Å²) in [6.07, 6.45) is 0.